The Labute approximate surface area is 87.5 Å². The zero-order chi connectivity index (χ0) is 11.1. The molecule has 0 aliphatic carbocycles. The maximum absolute atomic E-state index is 10.6. The van der Waals surface area contributed by atoms with Gasteiger partial charge < -0.3 is 10.6 Å². The number of rotatable bonds is 5. The molecule has 1 aromatic heterocycles. The van der Waals surface area contributed by atoms with Gasteiger partial charge in [0.25, 0.3) is 0 Å². The fourth-order valence-electron chi connectivity index (χ4n) is 0.956. The number of hydrogen-bond donors (Lipinski definition) is 4. The van der Waals surface area contributed by atoms with Gasteiger partial charge in [0.05, 0.1) is 0 Å². The van der Waals surface area contributed by atoms with E-state index in [2.05, 4.69) is 26.0 Å². The molecule has 7 nitrogen and oxygen atoms in total. The van der Waals surface area contributed by atoms with Gasteiger partial charge in [-0.25, -0.2) is 10.8 Å². The quantitative estimate of drug-likeness (QED) is 0.291. The van der Waals surface area contributed by atoms with Gasteiger partial charge in [-0.3, -0.25) is 10.2 Å². The first kappa shape index (κ1) is 11.2. The highest BCUT2D eigenvalue weighted by Crippen LogP contribution is 2.02. The summed E-state index contributed by atoms with van der Waals surface area (Å²) in [6, 6.07) is 1.72. The molecule has 0 atom stereocenters. The lowest BCUT2D eigenvalue weighted by Gasteiger charge is -2.06. The first-order valence-electron chi connectivity index (χ1n) is 4.50. The Bertz CT molecular complexity index is 329. The molecule has 0 saturated carbocycles. The van der Waals surface area contributed by atoms with E-state index in [1.165, 1.54) is 6.92 Å². The van der Waals surface area contributed by atoms with Crippen LogP contribution in [0, 0.1) is 0 Å². The van der Waals surface area contributed by atoms with Crippen LogP contribution in [0.4, 0.5) is 11.8 Å². The number of hydrazine groups is 1. The molecule has 15 heavy (non-hydrogen) atoms. The van der Waals surface area contributed by atoms with Crippen LogP contribution in [0.1, 0.15) is 6.92 Å². The van der Waals surface area contributed by atoms with Gasteiger partial charge in [-0.1, -0.05) is 0 Å². The molecule has 1 heterocycles. The van der Waals surface area contributed by atoms with Crippen LogP contribution >= 0.6 is 0 Å². The number of nitrogens with one attached hydrogen (secondary N) is 3. The summed E-state index contributed by atoms with van der Waals surface area (Å²) in [7, 11) is 0. The average Bonchev–Trinajstić information content (AvgIpc) is 2.24. The lowest BCUT2D eigenvalue weighted by molar-refractivity contribution is -0.118. The van der Waals surface area contributed by atoms with Crippen LogP contribution in [0.5, 0.6) is 0 Å². The lowest BCUT2D eigenvalue weighted by Crippen LogP contribution is -2.26. The Balaban J connectivity index is 2.33. The Morgan fingerprint density at radius 1 is 1.53 bits per heavy atom. The smallest absolute Gasteiger partial charge is 0.239 e. The topological polar surface area (TPSA) is 105 Å². The summed E-state index contributed by atoms with van der Waals surface area (Å²) in [6.45, 7) is 2.62. The largest absolute Gasteiger partial charge is 0.368 e. The number of nitrogen functional groups attached to an aromatic ring is 1. The molecule has 0 bridgehead atoms. The number of carbonyl (C=O) groups is 1. The minimum absolute atomic E-state index is 0.0520. The standard InChI is InChI=1S/C8H14N6O/c1-6(15)10-4-5-11-7-2-3-12-8(13-7)14-9/h2-3H,4-5,9H2,1H3,(H,10,15)(H2,11,12,13,14). The van der Waals surface area contributed by atoms with E-state index in [1.54, 1.807) is 12.3 Å². The number of anilines is 2. The van der Waals surface area contributed by atoms with Crippen LogP contribution in [0.25, 0.3) is 0 Å². The van der Waals surface area contributed by atoms with E-state index in [0.29, 0.717) is 24.9 Å². The summed E-state index contributed by atoms with van der Waals surface area (Å²) in [5.41, 5.74) is 2.34. The van der Waals surface area contributed by atoms with Crippen molar-refractivity contribution in [1.82, 2.24) is 15.3 Å². The van der Waals surface area contributed by atoms with E-state index in [-0.39, 0.29) is 5.91 Å². The number of hydrogen-bond acceptors (Lipinski definition) is 6. The highest BCUT2D eigenvalue weighted by atomic mass is 16.1. The second-order valence-electron chi connectivity index (χ2n) is 2.82. The SMILES string of the molecule is CC(=O)NCCNc1ccnc(NN)n1. The van der Waals surface area contributed by atoms with Gasteiger partial charge in [0.15, 0.2) is 0 Å². The van der Waals surface area contributed by atoms with Gasteiger partial charge in [-0.05, 0) is 6.07 Å². The van der Waals surface area contributed by atoms with Gasteiger partial charge in [-0.15, -0.1) is 0 Å². The fraction of sp³-hybridized carbons (Fsp3) is 0.375. The molecule has 0 spiro atoms. The first-order valence-corrected chi connectivity index (χ1v) is 4.50. The van der Waals surface area contributed by atoms with Crippen LogP contribution in [-0.4, -0.2) is 29.0 Å². The number of carbonyl (C=O) groups excluding carboxylic acids is 1. The molecule has 0 aromatic carbocycles. The van der Waals surface area contributed by atoms with Crippen molar-refractivity contribution in [1.29, 1.82) is 0 Å². The minimum Gasteiger partial charge on any atom is -0.368 e. The molecule has 7 heteroatoms. The minimum atomic E-state index is -0.0520. The number of nitrogens with two attached hydrogens (primary N) is 1. The van der Waals surface area contributed by atoms with Crippen molar-refractivity contribution >= 4 is 17.7 Å². The molecule has 0 saturated heterocycles. The van der Waals surface area contributed by atoms with Gasteiger partial charge >= 0.3 is 0 Å². The molecule has 0 aliphatic heterocycles. The van der Waals surface area contributed by atoms with E-state index in [1.807, 2.05) is 0 Å². The van der Waals surface area contributed by atoms with Crippen molar-refractivity contribution in [3.05, 3.63) is 12.3 Å². The van der Waals surface area contributed by atoms with Crippen molar-refractivity contribution < 1.29 is 4.79 Å². The molecule has 82 valence electrons. The molecular weight excluding hydrogens is 196 g/mol. The van der Waals surface area contributed by atoms with E-state index >= 15 is 0 Å². The summed E-state index contributed by atoms with van der Waals surface area (Å²) in [5, 5.41) is 5.67. The molecule has 0 unspecified atom stereocenters. The van der Waals surface area contributed by atoms with Gasteiger partial charge in [0.1, 0.15) is 5.82 Å². The Hall–Kier alpha value is -1.89. The van der Waals surface area contributed by atoms with Crippen LogP contribution in [0.2, 0.25) is 0 Å². The van der Waals surface area contributed by atoms with Crippen LogP contribution in [0.15, 0.2) is 12.3 Å². The molecule has 1 amide bonds. The van der Waals surface area contributed by atoms with Gasteiger partial charge in [0.2, 0.25) is 11.9 Å². The number of aromatic nitrogens is 2. The molecule has 1 rings (SSSR count). The predicted octanol–water partition coefficient (Wildman–Crippen LogP) is -0.690. The Morgan fingerprint density at radius 2 is 2.33 bits per heavy atom. The van der Waals surface area contributed by atoms with E-state index in [4.69, 9.17) is 5.84 Å². The van der Waals surface area contributed by atoms with Crippen molar-refractivity contribution in [2.45, 2.75) is 6.92 Å². The number of nitrogens with zero attached hydrogens (tertiary/aromatic N) is 2. The third-order valence-corrected chi connectivity index (χ3v) is 1.59. The molecular formula is C8H14N6O. The van der Waals surface area contributed by atoms with Crippen LogP contribution in [-0.2, 0) is 4.79 Å². The van der Waals surface area contributed by atoms with Gasteiger partial charge in [-0.2, -0.15) is 4.98 Å². The zero-order valence-corrected chi connectivity index (χ0v) is 8.45. The highest BCUT2D eigenvalue weighted by molar-refractivity contribution is 5.72. The molecule has 1 aromatic rings. The van der Waals surface area contributed by atoms with Crippen LogP contribution in [0.3, 0.4) is 0 Å². The Morgan fingerprint density at radius 3 is 3.00 bits per heavy atom. The molecule has 5 N–H and O–H groups in total. The molecule has 0 aliphatic rings. The maximum Gasteiger partial charge on any atom is 0.239 e. The summed E-state index contributed by atoms with van der Waals surface area (Å²) in [5.74, 6) is 6.10. The number of amides is 1. The molecule has 0 fully saturated rings. The Kier molecular flexibility index (Phi) is 4.30. The lowest BCUT2D eigenvalue weighted by atomic mass is 10.5. The second-order valence-corrected chi connectivity index (χ2v) is 2.82. The first-order chi connectivity index (χ1) is 7.22. The summed E-state index contributed by atoms with van der Waals surface area (Å²) < 4.78 is 0. The predicted molar refractivity (Wildman–Crippen MR) is 57.0 cm³/mol. The average molecular weight is 210 g/mol. The normalized spacial score (nSPS) is 9.47. The monoisotopic (exact) mass is 210 g/mol. The third kappa shape index (κ3) is 4.23. The van der Waals surface area contributed by atoms with E-state index in [9.17, 15) is 4.79 Å². The van der Waals surface area contributed by atoms with Gasteiger partial charge in [0, 0.05) is 26.2 Å². The van der Waals surface area contributed by atoms with Crippen molar-refractivity contribution in [3.8, 4) is 0 Å². The third-order valence-electron chi connectivity index (χ3n) is 1.59. The highest BCUT2D eigenvalue weighted by Gasteiger charge is 1.96. The van der Waals surface area contributed by atoms with E-state index < -0.39 is 0 Å². The van der Waals surface area contributed by atoms with Crippen molar-refractivity contribution in [2.75, 3.05) is 23.8 Å². The maximum atomic E-state index is 10.6. The summed E-state index contributed by atoms with van der Waals surface area (Å²) in [4.78, 5) is 18.5. The molecule has 0 radical (unpaired) electrons. The summed E-state index contributed by atoms with van der Waals surface area (Å²) >= 11 is 0. The van der Waals surface area contributed by atoms with Crippen LogP contribution < -0.4 is 21.9 Å². The summed E-state index contributed by atoms with van der Waals surface area (Å²) in [6.07, 6.45) is 1.59. The van der Waals surface area contributed by atoms with E-state index in [0.717, 1.165) is 0 Å². The fourth-order valence-corrected chi connectivity index (χ4v) is 0.956. The van der Waals surface area contributed by atoms with Crippen molar-refractivity contribution in [2.24, 2.45) is 5.84 Å². The van der Waals surface area contributed by atoms with Crippen molar-refractivity contribution in [3.63, 3.8) is 0 Å². The second kappa shape index (κ2) is 5.76. The zero-order valence-electron chi connectivity index (χ0n) is 8.45.